The zero-order valence-electron chi connectivity index (χ0n) is 13.9. The second-order valence-electron chi connectivity index (χ2n) is 4.25. The molecule has 2 rings (SSSR count). The molecule has 0 saturated heterocycles. The van der Waals surface area contributed by atoms with Crippen molar-refractivity contribution in [1.29, 1.82) is 0 Å². The average Bonchev–Trinajstić information content (AvgIpc) is 2.61. The first-order valence-electron chi connectivity index (χ1n) is 6.75. The number of hydrogen-bond acceptors (Lipinski definition) is 5. The van der Waals surface area contributed by atoms with Crippen molar-refractivity contribution in [1.82, 2.24) is 4.72 Å². The molecule has 0 fully saturated rings. The van der Waals surface area contributed by atoms with Crippen molar-refractivity contribution in [3.63, 3.8) is 0 Å². The zero-order valence-corrected chi connectivity index (χ0v) is 19.3. The molecule has 2 aromatic carbocycles. The lowest BCUT2D eigenvalue weighted by atomic mass is 10.4. The van der Waals surface area contributed by atoms with Crippen LogP contribution in [0.5, 0.6) is 0 Å². The normalized spacial score (nSPS) is 11.0. The molecule has 0 amide bonds. The Kier molecular flexibility index (Phi) is 11.5. The van der Waals surface area contributed by atoms with Gasteiger partial charge in [0.15, 0.2) is 0 Å². The highest BCUT2D eigenvalue weighted by Crippen LogP contribution is 2.30. The number of hydrogen-bond donors (Lipinski definition) is 2. The quantitative estimate of drug-likeness (QED) is 0.588. The number of nitrogens with two attached hydrogens (primary N) is 1. The minimum absolute atomic E-state index is 0.0100. The predicted molar refractivity (Wildman–Crippen MR) is 112 cm³/mol. The standard InChI is InChI=1S/C7H7Cl2NO2S.C6H3Cl3O2S.CH5N/c1-10-13(11,12)6-4-2-3-5(8)7(6)9;7-4-2-1-3-5(6(4)8)12(9,10)11;1-2/h2-4,10H,1H3;1-3H;2H2,1H3. The predicted octanol–water partition coefficient (Wildman–Crippen LogP) is 4.40. The van der Waals surface area contributed by atoms with Crippen LogP contribution < -0.4 is 10.5 Å². The summed E-state index contributed by atoms with van der Waals surface area (Å²) >= 11 is 22.5. The topological polar surface area (TPSA) is 106 Å². The number of benzene rings is 2. The van der Waals surface area contributed by atoms with E-state index in [2.05, 4.69) is 10.5 Å². The smallest absolute Gasteiger partial charge is 0.262 e. The molecule has 0 heterocycles. The molecule has 0 bridgehead atoms. The van der Waals surface area contributed by atoms with Gasteiger partial charge in [-0.15, -0.1) is 0 Å². The summed E-state index contributed by atoms with van der Waals surface area (Å²) in [6.07, 6.45) is 0. The minimum atomic E-state index is -3.80. The van der Waals surface area contributed by atoms with Crippen LogP contribution in [0.2, 0.25) is 20.1 Å². The molecule has 2 aromatic rings. The van der Waals surface area contributed by atoms with Gasteiger partial charge in [0.2, 0.25) is 10.0 Å². The number of halogens is 5. The van der Waals surface area contributed by atoms with Crippen molar-refractivity contribution in [2.24, 2.45) is 5.73 Å². The Labute approximate surface area is 183 Å². The summed E-state index contributed by atoms with van der Waals surface area (Å²) in [4.78, 5) is -0.178. The first-order chi connectivity index (χ1) is 12.4. The summed E-state index contributed by atoms with van der Waals surface area (Å²) in [5, 5.41) is 0.379. The van der Waals surface area contributed by atoms with E-state index in [1.807, 2.05) is 0 Å². The highest BCUT2D eigenvalue weighted by molar-refractivity contribution is 8.13. The molecule has 0 atom stereocenters. The maximum atomic E-state index is 11.3. The SMILES string of the molecule is CN.CNS(=O)(=O)c1cccc(Cl)c1Cl.O=S(=O)(Cl)c1cccc(Cl)c1Cl. The third-order valence-electron chi connectivity index (χ3n) is 2.65. The lowest BCUT2D eigenvalue weighted by Gasteiger charge is -2.04. The van der Waals surface area contributed by atoms with Crippen LogP contribution in [-0.2, 0) is 19.1 Å². The van der Waals surface area contributed by atoms with Gasteiger partial charge in [-0.05, 0) is 38.4 Å². The van der Waals surface area contributed by atoms with Crippen LogP contribution >= 0.6 is 57.1 Å². The lowest BCUT2D eigenvalue weighted by molar-refractivity contribution is 0.588. The Morgan fingerprint density at radius 1 is 0.778 bits per heavy atom. The number of nitrogens with one attached hydrogen (secondary N) is 1. The molecule has 0 aromatic heterocycles. The third kappa shape index (κ3) is 7.92. The summed E-state index contributed by atoms with van der Waals surface area (Å²) in [5.41, 5.74) is 4.50. The monoisotopic (exact) mass is 514 g/mol. The maximum absolute atomic E-state index is 11.3. The minimum Gasteiger partial charge on any atom is -0.333 e. The molecule has 3 N–H and O–H groups in total. The molecule has 0 aliphatic rings. The molecule has 0 saturated carbocycles. The van der Waals surface area contributed by atoms with Crippen LogP contribution in [0.3, 0.4) is 0 Å². The van der Waals surface area contributed by atoms with Gasteiger partial charge in [-0.25, -0.2) is 21.6 Å². The van der Waals surface area contributed by atoms with Gasteiger partial charge in [-0.1, -0.05) is 58.5 Å². The van der Waals surface area contributed by atoms with Crippen molar-refractivity contribution >= 4 is 76.2 Å². The Morgan fingerprint density at radius 2 is 1.15 bits per heavy atom. The van der Waals surface area contributed by atoms with Gasteiger partial charge in [0.05, 0.1) is 20.1 Å². The third-order valence-corrected chi connectivity index (χ3v) is 7.34. The Bertz CT molecular complexity index is 983. The highest BCUT2D eigenvalue weighted by atomic mass is 35.7. The fourth-order valence-electron chi connectivity index (χ4n) is 1.47. The first kappa shape index (κ1) is 26.7. The molecule has 13 heteroatoms. The van der Waals surface area contributed by atoms with Gasteiger partial charge >= 0.3 is 0 Å². The van der Waals surface area contributed by atoms with E-state index < -0.39 is 19.1 Å². The summed E-state index contributed by atoms with van der Waals surface area (Å²) in [5.74, 6) is 0. The Balaban J connectivity index is 0.000000460. The molecule has 27 heavy (non-hydrogen) atoms. The van der Waals surface area contributed by atoms with Crippen LogP contribution in [0.15, 0.2) is 46.2 Å². The summed E-state index contributed by atoms with van der Waals surface area (Å²) < 4.78 is 46.5. The summed E-state index contributed by atoms with van der Waals surface area (Å²) in [6.45, 7) is 0. The van der Waals surface area contributed by atoms with Gasteiger partial charge < -0.3 is 5.73 Å². The van der Waals surface area contributed by atoms with E-state index in [-0.39, 0.29) is 29.9 Å². The van der Waals surface area contributed by atoms with E-state index in [9.17, 15) is 16.8 Å². The average molecular weight is 517 g/mol. The molecular weight excluding hydrogens is 502 g/mol. The molecule has 0 aliphatic carbocycles. The molecule has 0 unspecified atom stereocenters. The maximum Gasteiger partial charge on any atom is 0.262 e. The van der Waals surface area contributed by atoms with E-state index in [1.54, 1.807) is 0 Å². The van der Waals surface area contributed by atoms with Gasteiger partial charge in [0, 0.05) is 10.7 Å². The van der Waals surface area contributed by atoms with Crippen molar-refractivity contribution in [2.45, 2.75) is 9.79 Å². The molecule has 6 nitrogen and oxygen atoms in total. The van der Waals surface area contributed by atoms with Crippen LogP contribution in [0.4, 0.5) is 0 Å². The first-order valence-corrected chi connectivity index (χ1v) is 12.1. The van der Waals surface area contributed by atoms with E-state index in [1.165, 1.54) is 50.5 Å². The second-order valence-corrected chi connectivity index (χ2v) is 10.2. The fourth-order valence-corrected chi connectivity index (χ4v) is 4.69. The van der Waals surface area contributed by atoms with Crippen molar-refractivity contribution < 1.29 is 16.8 Å². The van der Waals surface area contributed by atoms with E-state index >= 15 is 0 Å². The van der Waals surface area contributed by atoms with Gasteiger partial charge in [0.25, 0.3) is 9.05 Å². The van der Waals surface area contributed by atoms with E-state index in [0.717, 1.165) is 0 Å². The van der Waals surface area contributed by atoms with Gasteiger partial charge in [-0.2, -0.15) is 0 Å². The Morgan fingerprint density at radius 3 is 1.48 bits per heavy atom. The Hall–Kier alpha value is -0.290. The van der Waals surface area contributed by atoms with Crippen LogP contribution in [0, 0.1) is 0 Å². The largest absolute Gasteiger partial charge is 0.333 e. The van der Waals surface area contributed by atoms with Gasteiger partial charge in [0.1, 0.15) is 9.79 Å². The lowest BCUT2D eigenvalue weighted by Crippen LogP contribution is -2.18. The molecular formula is C14H15Cl5N2O4S2. The second kappa shape index (κ2) is 11.6. The van der Waals surface area contributed by atoms with Crippen LogP contribution in [0.1, 0.15) is 0 Å². The zero-order chi connectivity index (χ0) is 21.4. The van der Waals surface area contributed by atoms with Gasteiger partial charge in [-0.3, -0.25) is 0 Å². The van der Waals surface area contributed by atoms with E-state index in [0.29, 0.717) is 0 Å². The summed E-state index contributed by atoms with van der Waals surface area (Å²) in [6, 6.07) is 8.67. The van der Waals surface area contributed by atoms with Crippen molar-refractivity contribution in [3.05, 3.63) is 56.5 Å². The number of sulfonamides is 1. The summed E-state index contributed by atoms with van der Waals surface area (Å²) in [7, 11) is 0.559. The van der Waals surface area contributed by atoms with Crippen molar-refractivity contribution in [3.8, 4) is 0 Å². The number of rotatable bonds is 3. The molecule has 0 aliphatic heterocycles. The van der Waals surface area contributed by atoms with E-state index in [4.69, 9.17) is 57.1 Å². The molecule has 0 radical (unpaired) electrons. The fraction of sp³-hybridized carbons (Fsp3) is 0.143. The van der Waals surface area contributed by atoms with Crippen molar-refractivity contribution in [2.75, 3.05) is 14.1 Å². The highest BCUT2D eigenvalue weighted by Gasteiger charge is 2.17. The molecule has 152 valence electrons. The van der Waals surface area contributed by atoms with Crippen LogP contribution in [0.25, 0.3) is 0 Å². The molecule has 0 spiro atoms. The van der Waals surface area contributed by atoms with Crippen LogP contribution in [-0.4, -0.2) is 30.9 Å².